The predicted molar refractivity (Wildman–Crippen MR) is 88.1 cm³/mol. The molecule has 0 spiro atoms. The van der Waals surface area contributed by atoms with Gasteiger partial charge in [-0.3, -0.25) is 4.79 Å². The van der Waals surface area contributed by atoms with Crippen LogP contribution in [0.4, 0.5) is 0 Å². The first-order valence-electron chi connectivity index (χ1n) is 7.40. The Morgan fingerprint density at radius 1 is 1.24 bits per heavy atom. The van der Waals surface area contributed by atoms with Gasteiger partial charge >= 0.3 is 5.97 Å². The minimum absolute atomic E-state index is 0.126. The zero-order valence-electron chi connectivity index (χ0n) is 12.8. The van der Waals surface area contributed by atoms with Gasteiger partial charge in [0.2, 0.25) is 0 Å². The molecule has 112 valence electrons. The molecule has 0 unspecified atom stereocenters. The number of hydrogen-bond acceptors (Lipinski definition) is 2. The van der Waals surface area contributed by atoms with Gasteiger partial charge in [0.15, 0.2) is 0 Å². The van der Waals surface area contributed by atoms with Crippen molar-refractivity contribution in [3.05, 3.63) is 72.4 Å². The quantitative estimate of drug-likeness (QED) is 0.375. The van der Waals surface area contributed by atoms with Crippen molar-refractivity contribution >= 4 is 5.97 Å². The lowest BCUT2D eigenvalue weighted by Crippen LogP contribution is -2.07. The van der Waals surface area contributed by atoms with Gasteiger partial charge in [-0.2, -0.15) is 0 Å². The number of allylic oxidation sites excluding steroid dienone is 5. The molecule has 0 saturated carbocycles. The lowest BCUT2D eigenvalue weighted by molar-refractivity contribution is -0.143. The van der Waals surface area contributed by atoms with Crippen LogP contribution in [0, 0.1) is 0 Å². The van der Waals surface area contributed by atoms with Crippen LogP contribution >= 0.6 is 0 Å². The molecule has 0 aliphatic heterocycles. The summed E-state index contributed by atoms with van der Waals surface area (Å²) < 4.78 is 5.25. The zero-order valence-corrected chi connectivity index (χ0v) is 12.8. The van der Waals surface area contributed by atoms with Crippen molar-refractivity contribution in [3.63, 3.8) is 0 Å². The minimum atomic E-state index is -0.126. The average Bonchev–Trinajstić information content (AvgIpc) is 2.51. The highest BCUT2D eigenvalue weighted by Gasteiger charge is 2.03. The van der Waals surface area contributed by atoms with E-state index in [4.69, 9.17) is 4.74 Å². The van der Waals surface area contributed by atoms with E-state index in [0.717, 1.165) is 19.3 Å². The Bertz CT molecular complexity index is 484. The third-order valence-electron chi connectivity index (χ3n) is 3.05. The first-order chi connectivity index (χ1) is 10.3. The average molecular weight is 284 g/mol. The Hall–Kier alpha value is -2.09. The van der Waals surface area contributed by atoms with Crippen LogP contribution in [0.3, 0.4) is 0 Å². The molecule has 0 aromatic heterocycles. The molecule has 0 aliphatic carbocycles. The molecule has 2 heteroatoms. The summed E-state index contributed by atoms with van der Waals surface area (Å²) in [6.07, 6.45) is 10.7. The van der Waals surface area contributed by atoms with E-state index >= 15 is 0 Å². The van der Waals surface area contributed by atoms with Crippen LogP contribution in [0.2, 0.25) is 0 Å². The maximum Gasteiger partial charge on any atom is 0.306 e. The Balaban J connectivity index is 2.19. The van der Waals surface area contributed by atoms with Gasteiger partial charge in [0.1, 0.15) is 0 Å². The van der Waals surface area contributed by atoms with E-state index in [-0.39, 0.29) is 5.97 Å². The maximum absolute atomic E-state index is 11.6. The van der Waals surface area contributed by atoms with Crippen LogP contribution in [0.25, 0.3) is 0 Å². The molecule has 0 heterocycles. The number of carbonyl (C=O) groups is 1. The summed E-state index contributed by atoms with van der Waals surface area (Å²) >= 11 is 0. The van der Waals surface area contributed by atoms with Gasteiger partial charge in [-0.1, -0.05) is 61.2 Å². The Labute approximate surface area is 127 Å². The van der Waals surface area contributed by atoms with Crippen molar-refractivity contribution in [2.24, 2.45) is 0 Å². The van der Waals surface area contributed by atoms with Crippen LogP contribution in [-0.4, -0.2) is 12.6 Å². The van der Waals surface area contributed by atoms with Crippen molar-refractivity contribution in [2.75, 3.05) is 6.61 Å². The van der Waals surface area contributed by atoms with Gasteiger partial charge in [-0.05, 0) is 37.3 Å². The first kappa shape index (κ1) is 17.0. The highest BCUT2D eigenvalue weighted by atomic mass is 16.5. The summed E-state index contributed by atoms with van der Waals surface area (Å²) in [5.41, 5.74) is 2.37. The van der Waals surface area contributed by atoms with Crippen molar-refractivity contribution in [1.29, 1.82) is 0 Å². The fourth-order valence-corrected chi connectivity index (χ4v) is 2.01. The second-order valence-corrected chi connectivity index (χ2v) is 4.79. The number of benzene rings is 1. The van der Waals surface area contributed by atoms with Crippen LogP contribution in [0.1, 0.15) is 31.7 Å². The molecule has 0 saturated heterocycles. The molecule has 0 aliphatic rings. The number of rotatable bonds is 9. The van der Waals surface area contributed by atoms with Crippen LogP contribution in [0.15, 0.2) is 66.8 Å². The molecule has 0 bridgehead atoms. The summed E-state index contributed by atoms with van der Waals surface area (Å²) in [6.45, 7) is 6.16. The van der Waals surface area contributed by atoms with Crippen molar-refractivity contribution < 1.29 is 9.53 Å². The van der Waals surface area contributed by atoms with Crippen LogP contribution in [-0.2, 0) is 16.0 Å². The number of aryl methyl sites for hydroxylation is 1. The molecule has 0 atom stereocenters. The van der Waals surface area contributed by atoms with Gasteiger partial charge in [0.25, 0.3) is 0 Å². The molecule has 0 radical (unpaired) electrons. The third kappa shape index (κ3) is 7.93. The molecular formula is C19H24O2. The second-order valence-electron chi connectivity index (χ2n) is 4.79. The van der Waals surface area contributed by atoms with E-state index in [1.165, 1.54) is 11.1 Å². The van der Waals surface area contributed by atoms with E-state index in [9.17, 15) is 4.79 Å². The van der Waals surface area contributed by atoms with E-state index < -0.39 is 0 Å². The zero-order chi connectivity index (χ0) is 15.3. The topological polar surface area (TPSA) is 26.3 Å². The Kier molecular flexibility index (Phi) is 8.62. The maximum atomic E-state index is 11.6. The Morgan fingerprint density at radius 2 is 2.00 bits per heavy atom. The second kappa shape index (κ2) is 10.7. The molecule has 0 amide bonds. The van der Waals surface area contributed by atoms with Gasteiger partial charge < -0.3 is 4.74 Å². The number of carbonyl (C=O) groups excluding carboxylic acids is 1. The first-order valence-corrected chi connectivity index (χ1v) is 7.40. The fourth-order valence-electron chi connectivity index (χ4n) is 2.01. The molecule has 2 nitrogen and oxygen atoms in total. The molecule has 1 rings (SSSR count). The third-order valence-corrected chi connectivity index (χ3v) is 3.05. The largest absolute Gasteiger partial charge is 0.466 e. The predicted octanol–water partition coefficient (Wildman–Crippen LogP) is 4.63. The van der Waals surface area contributed by atoms with Gasteiger partial charge in [-0.15, -0.1) is 0 Å². The molecule has 1 aromatic carbocycles. The van der Waals surface area contributed by atoms with E-state index in [2.05, 4.69) is 12.7 Å². The van der Waals surface area contributed by atoms with Crippen molar-refractivity contribution in [1.82, 2.24) is 0 Å². The highest BCUT2D eigenvalue weighted by molar-refractivity contribution is 5.69. The number of hydrogen-bond donors (Lipinski definition) is 0. The minimum Gasteiger partial charge on any atom is -0.466 e. The fraction of sp³-hybridized carbons (Fsp3) is 0.316. The lowest BCUT2D eigenvalue weighted by atomic mass is 10.1. The van der Waals surface area contributed by atoms with Crippen LogP contribution < -0.4 is 0 Å². The normalized spacial score (nSPS) is 11.6. The monoisotopic (exact) mass is 284 g/mol. The van der Waals surface area contributed by atoms with Gasteiger partial charge in [0.05, 0.1) is 6.61 Å². The summed E-state index contributed by atoms with van der Waals surface area (Å²) in [4.78, 5) is 11.6. The smallest absolute Gasteiger partial charge is 0.306 e. The highest BCUT2D eigenvalue weighted by Crippen LogP contribution is 2.08. The number of esters is 1. The molecule has 0 N–H and O–H groups in total. The van der Waals surface area contributed by atoms with Gasteiger partial charge in [-0.25, -0.2) is 0 Å². The number of ether oxygens (including phenoxy) is 1. The standard InChI is InChI=1S/C19H24O2/c1-3-9-17(10-4-2)13-8-16-21-19(20)15-14-18-11-6-5-7-12-18/h3-7,9-12H,1,8,13-16H2,2H3/b10-4-,17-9+. The van der Waals surface area contributed by atoms with E-state index in [1.807, 2.05) is 49.4 Å². The Morgan fingerprint density at radius 3 is 2.67 bits per heavy atom. The van der Waals surface area contributed by atoms with Crippen LogP contribution in [0.5, 0.6) is 0 Å². The lowest BCUT2D eigenvalue weighted by Gasteiger charge is -2.05. The molecule has 21 heavy (non-hydrogen) atoms. The summed E-state index contributed by atoms with van der Waals surface area (Å²) in [5.74, 6) is -0.126. The van der Waals surface area contributed by atoms with Crippen molar-refractivity contribution in [3.8, 4) is 0 Å². The molecular weight excluding hydrogens is 260 g/mol. The van der Waals surface area contributed by atoms with Gasteiger partial charge in [0, 0.05) is 6.42 Å². The summed E-state index contributed by atoms with van der Waals surface area (Å²) in [6, 6.07) is 9.99. The SMILES string of the molecule is C=C/C=C(\C=C/C)CCCOC(=O)CCc1ccccc1. The van der Waals surface area contributed by atoms with E-state index in [1.54, 1.807) is 6.08 Å². The van der Waals surface area contributed by atoms with Crippen molar-refractivity contribution in [2.45, 2.75) is 32.6 Å². The summed E-state index contributed by atoms with van der Waals surface area (Å²) in [5, 5.41) is 0. The molecule has 0 fully saturated rings. The molecule has 1 aromatic rings. The summed E-state index contributed by atoms with van der Waals surface area (Å²) in [7, 11) is 0. The van der Waals surface area contributed by atoms with E-state index in [0.29, 0.717) is 13.0 Å².